The largest absolute Gasteiger partial charge is 0.351 e. The van der Waals surface area contributed by atoms with E-state index < -0.39 is 6.04 Å². The quantitative estimate of drug-likeness (QED) is 0.455. The van der Waals surface area contributed by atoms with Gasteiger partial charge in [-0.1, -0.05) is 68.2 Å². The van der Waals surface area contributed by atoms with Gasteiger partial charge in [-0.2, -0.15) is 0 Å². The molecule has 1 saturated heterocycles. The Morgan fingerprint density at radius 1 is 1.11 bits per heavy atom. The van der Waals surface area contributed by atoms with Gasteiger partial charge in [0.15, 0.2) is 0 Å². The number of nitrogens with one attached hydrogen (secondary N) is 1. The number of aryl methyl sites for hydroxylation is 1. The van der Waals surface area contributed by atoms with Crippen molar-refractivity contribution in [2.45, 2.75) is 84.2 Å². The fourth-order valence-electron chi connectivity index (χ4n) is 5.26. The van der Waals surface area contributed by atoms with Crippen molar-refractivity contribution in [2.24, 2.45) is 0 Å². The summed E-state index contributed by atoms with van der Waals surface area (Å²) in [6.45, 7) is 12.1. The average Bonchev–Trinajstić information content (AvgIpc) is 2.84. The molecule has 5 nitrogen and oxygen atoms in total. The predicted octanol–water partition coefficient (Wildman–Crippen LogP) is 5.84. The van der Waals surface area contributed by atoms with Gasteiger partial charge >= 0.3 is 0 Å². The highest BCUT2D eigenvalue weighted by Gasteiger charge is 2.36. The molecule has 35 heavy (non-hydrogen) atoms. The zero-order valence-corrected chi connectivity index (χ0v) is 21.9. The summed E-state index contributed by atoms with van der Waals surface area (Å²) in [5.41, 5.74) is 3.41. The number of carbonyl (C=O) groups excluding carboxylic acids is 2. The Bertz CT molecular complexity index is 937. The molecule has 1 aliphatic carbocycles. The van der Waals surface area contributed by atoms with E-state index in [1.165, 1.54) is 12.8 Å². The number of likely N-dealkylation sites (tertiary alicyclic amines) is 1. The van der Waals surface area contributed by atoms with E-state index in [-0.39, 0.29) is 17.9 Å². The maximum Gasteiger partial charge on any atom is 0.248 e. The number of hydrogen-bond donors (Lipinski definition) is 1. The van der Waals surface area contributed by atoms with Crippen LogP contribution in [0.4, 0.5) is 0 Å². The number of carbonyl (C=O) groups is 2. The molecule has 1 N–H and O–H groups in total. The van der Waals surface area contributed by atoms with Crippen LogP contribution < -0.4 is 5.32 Å². The monoisotopic (exact) mass is 477 g/mol. The van der Waals surface area contributed by atoms with Crippen molar-refractivity contribution >= 4 is 11.8 Å². The Hall–Kier alpha value is -2.66. The number of hydrogen-bond acceptors (Lipinski definition) is 3. The van der Waals surface area contributed by atoms with Crippen molar-refractivity contribution in [3.05, 3.63) is 71.5 Å². The molecular weight excluding hydrogens is 434 g/mol. The van der Waals surface area contributed by atoms with Gasteiger partial charge < -0.3 is 5.32 Å². The highest BCUT2D eigenvalue weighted by atomic mass is 16.2. The van der Waals surface area contributed by atoms with Crippen LogP contribution in [0.25, 0.3) is 0 Å². The fraction of sp³-hybridized carbons (Fsp3) is 0.533. The molecule has 2 fully saturated rings. The van der Waals surface area contributed by atoms with Crippen LogP contribution in [-0.2, 0) is 9.59 Å². The van der Waals surface area contributed by atoms with Crippen LogP contribution in [-0.4, -0.2) is 47.3 Å². The maximum atomic E-state index is 14.0. The summed E-state index contributed by atoms with van der Waals surface area (Å²) in [4.78, 5) is 32.0. The summed E-state index contributed by atoms with van der Waals surface area (Å²) in [7, 11) is 0. The van der Waals surface area contributed by atoms with Crippen LogP contribution in [0.3, 0.4) is 0 Å². The van der Waals surface area contributed by atoms with Gasteiger partial charge in [-0.05, 0) is 82.8 Å². The van der Waals surface area contributed by atoms with E-state index in [1.807, 2.05) is 63.3 Å². The molecule has 0 spiro atoms. The van der Waals surface area contributed by atoms with Crippen LogP contribution in [0.15, 0.2) is 60.3 Å². The topological polar surface area (TPSA) is 52.7 Å². The van der Waals surface area contributed by atoms with E-state index in [9.17, 15) is 9.59 Å². The van der Waals surface area contributed by atoms with Crippen LogP contribution in [0.1, 0.15) is 82.4 Å². The highest BCUT2D eigenvalue weighted by Crippen LogP contribution is 2.30. The summed E-state index contributed by atoms with van der Waals surface area (Å²) in [5, 5.41) is 3.31. The van der Waals surface area contributed by atoms with Crippen molar-refractivity contribution in [2.75, 3.05) is 19.6 Å². The number of rotatable bonds is 9. The Morgan fingerprint density at radius 2 is 1.77 bits per heavy atom. The first-order valence-electron chi connectivity index (χ1n) is 13.3. The minimum atomic E-state index is -0.739. The Balaban J connectivity index is 2.05. The molecule has 3 rings (SSSR count). The van der Waals surface area contributed by atoms with E-state index in [0.29, 0.717) is 12.2 Å². The Kier molecular flexibility index (Phi) is 10.3. The maximum absolute atomic E-state index is 14.0. The van der Waals surface area contributed by atoms with Crippen molar-refractivity contribution < 1.29 is 9.59 Å². The zero-order valence-electron chi connectivity index (χ0n) is 21.9. The van der Waals surface area contributed by atoms with Gasteiger partial charge in [0.1, 0.15) is 6.04 Å². The summed E-state index contributed by atoms with van der Waals surface area (Å²) in [6, 6.07) is 7.35. The van der Waals surface area contributed by atoms with Crippen molar-refractivity contribution in [1.29, 1.82) is 0 Å². The SMILES string of the molecule is C=C(C)C=C(C=CC)N(C(=O)CN1CCCCC1)C(C(=O)NC1CCCCC1)c1ccccc1C. The first kappa shape index (κ1) is 26.9. The molecule has 2 amide bonds. The third-order valence-corrected chi connectivity index (χ3v) is 7.03. The average molecular weight is 478 g/mol. The second kappa shape index (κ2) is 13.4. The summed E-state index contributed by atoms with van der Waals surface area (Å²) < 4.78 is 0. The van der Waals surface area contributed by atoms with E-state index in [4.69, 9.17) is 0 Å². The van der Waals surface area contributed by atoms with E-state index >= 15 is 0 Å². The smallest absolute Gasteiger partial charge is 0.248 e. The lowest BCUT2D eigenvalue weighted by atomic mass is 9.93. The van der Waals surface area contributed by atoms with E-state index in [0.717, 1.165) is 68.3 Å². The molecule has 1 aromatic rings. The molecule has 1 unspecified atom stereocenters. The predicted molar refractivity (Wildman–Crippen MR) is 144 cm³/mol. The van der Waals surface area contributed by atoms with Gasteiger partial charge in [-0.15, -0.1) is 0 Å². The zero-order chi connectivity index (χ0) is 25.2. The molecular formula is C30H43N3O2. The first-order chi connectivity index (χ1) is 16.9. The fourth-order valence-corrected chi connectivity index (χ4v) is 5.26. The molecule has 190 valence electrons. The second-order valence-corrected chi connectivity index (χ2v) is 10.1. The molecule has 0 radical (unpaired) electrons. The van der Waals surface area contributed by atoms with Gasteiger partial charge in [-0.25, -0.2) is 0 Å². The van der Waals surface area contributed by atoms with Gasteiger partial charge in [0, 0.05) is 11.7 Å². The van der Waals surface area contributed by atoms with Gasteiger partial charge in [0.2, 0.25) is 11.8 Å². The molecule has 1 heterocycles. The lowest BCUT2D eigenvalue weighted by Gasteiger charge is -2.36. The number of allylic oxidation sites excluding steroid dienone is 4. The number of nitrogens with zero attached hydrogens (tertiary/aromatic N) is 2. The Labute approximate surface area is 212 Å². The first-order valence-corrected chi connectivity index (χ1v) is 13.3. The lowest BCUT2D eigenvalue weighted by Crippen LogP contribution is -2.49. The number of amides is 2. The molecule has 1 aliphatic heterocycles. The molecule has 1 saturated carbocycles. The number of piperidine rings is 1. The summed E-state index contributed by atoms with van der Waals surface area (Å²) in [5.74, 6) is -0.153. The summed E-state index contributed by atoms with van der Waals surface area (Å²) >= 11 is 0. The van der Waals surface area contributed by atoms with Crippen molar-refractivity contribution in [3.63, 3.8) is 0 Å². The van der Waals surface area contributed by atoms with E-state index in [2.05, 4.69) is 16.8 Å². The van der Waals surface area contributed by atoms with Gasteiger partial charge in [-0.3, -0.25) is 19.4 Å². The lowest BCUT2D eigenvalue weighted by molar-refractivity contribution is -0.139. The van der Waals surface area contributed by atoms with Crippen LogP contribution in [0, 0.1) is 6.92 Å². The third kappa shape index (κ3) is 7.66. The van der Waals surface area contributed by atoms with Gasteiger partial charge in [0.25, 0.3) is 0 Å². The number of benzene rings is 1. The second-order valence-electron chi connectivity index (χ2n) is 10.1. The minimum absolute atomic E-state index is 0.0513. The standard InChI is InChI=1S/C30H43N3O2/c1-5-14-26(21-23(2)3)33(28(34)22-32-19-12-7-13-20-32)29(27-18-11-10-15-24(27)4)30(35)31-25-16-8-6-9-17-25/h5,10-11,14-15,18,21,25,29H,2,6-9,12-13,16-17,19-20,22H2,1,3-4H3,(H,31,35). The van der Waals surface area contributed by atoms with Crippen LogP contribution in [0.5, 0.6) is 0 Å². The van der Waals surface area contributed by atoms with Crippen LogP contribution >= 0.6 is 0 Å². The molecule has 5 heteroatoms. The molecule has 1 atom stereocenters. The molecule has 0 aromatic heterocycles. The van der Waals surface area contributed by atoms with E-state index in [1.54, 1.807) is 4.90 Å². The minimum Gasteiger partial charge on any atom is -0.351 e. The van der Waals surface area contributed by atoms with Crippen molar-refractivity contribution in [1.82, 2.24) is 15.1 Å². The molecule has 1 aromatic carbocycles. The highest BCUT2D eigenvalue weighted by molar-refractivity contribution is 5.91. The van der Waals surface area contributed by atoms with Crippen molar-refractivity contribution in [3.8, 4) is 0 Å². The normalized spacial score (nSPS) is 18.9. The summed E-state index contributed by atoms with van der Waals surface area (Å²) in [6.07, 6.45) is 14.7. The van der Waals surface area contributed by atoms with Gasteiger partial charge in [0.05, 0.1) is 6.54 Å². The molecule has 2 aliphatic rings. The Morgan fingerprint density at radius 3 is 2.40 bits per heavy atom. The van der Waals surface area contributed by atoms with Crippen LogP contribution in [0.2, 0.25) is 0 Å². The third-order valence-electron chi connectivity index (χ3n) is 7.03. The molecule has 0 bridgehead atoms.